The van der Waals surface area contributed by atoms with E-state index in [1.165, 1.54) is 0 Å². The number of aromatic amines is 1. The molecule has 0 spiro atoms. The second-order valence-corrected chi connectivity index (χ2v) is 8.96. The quantitative estimate of drug-likeness (QED) is 0.398. The fourth-order valence-corrected chi connectivity index (χ4v) is 4.35. The lowest BCUT2D eigenvalue weighted by Crippen LogP contribution is -2.43. The zero-order chi connectivity index (χ0) is 23.3. The van der Waals surface area contributed by atoms with Crippen molar-refractivity contribution < 1.29 is 24.2 Å². The van der Waals surface area contributed by atoms with Gasteiger partial charge in [0.1, 0.15) is 5.75 Å². The molecule has 1 saturated heterocycles. The summed E-state index contributed by atoms with van der Waals surface area (Å²) < 4.78 is 5.36. The molecule has 2 amide bonds. The molecule has 1 fully saturated rings. The molecule has 3 atom stereocenters. The van der Waals surface area contributed by atoms with Gasteiger partial charge in [0.25, 0.3) is 0 Å². The van der Waals surface area contributed by atoms with Crippen LogP contribution in [0.1, 0.15) is 50.0 Å². The second kappa shape index (κ2) is 10.6. The molecule has 2 heterocycles. The number of benzene rings is 1. The van der Waals surface area contributed by atoms with Crippen LogP contribution in [0.5, 0.6) is 5.75 Å². The number of carbonyl (C=O) groups is 3. The van der Waals surface area contributed by atoms with Gasteiger partial charge in [-0.05, 0) is 43.4 Å². The first-order chi connectivity index (χ1) is 15.3. The van der Waals surface area contributed by atoms with Crippen molar-refractivity contribution in [2.45, 2.75) is 45.6 Å². The van der Waals surface area contributed by atoms with Gasteiger partial charge in [0.05, 0.1) is 25.5 Å². The van der Waals surface area contributed by atoms with Crippen molar-refractivity contribution in [1.29, 1.82) is 0 Å². The molecular weight excluding hydrogens is 410 g/mol. The standard InChI is InChI=1S/C24H33N3O5/c1-14(2)9-16(24(31)26-17(13-28)10-15-7-8-25-23(15)30)11-21(29)20-12-18-19(27-20)5-4-6-22(18)32-3/h4-6,12,14-17,27-28H,7-11,13H2,1-3H3,(H,25,30)(H,26,31)/t15-,16+,17-/m0/s1. The molecule has 2 aromatic rings. The normalized spacial score (nSPS) is 17.9. The van der Waals surface area contributed by atoms with Crippen molar-refractivity contribution in [2.24, 2.45) is 17.8 Å². The largest absolute Gasteiger partial charge is 0.496 e. The second-order valence-electron chi connectivity index (χ2n) is 8.96. The highest BCUT2D eigenvalue weighted by molar-refractivity contribution is 6.02. The van der Waals surface area contributed by atoms with E-state index in [0.29, 0.717) is 37.3 Å². The number of methoxy groups -OCH3 is 1. The van der Waals surface area contributed by atoms with Crippen LogP contribution in [0.25, 0.3) is 10.9 Å². The van der Waals surface area contributed by atoms with Crippen molar-refractivity contribution in [3.8, 4) is 5.75 Å². The number of hydrogen-bond acceptors (Lipinski definition) is 5. The van der Waals surface area contributed by atoms with Crippen molar-refractivity contribution in [3.63, 3.8) is 0 Å². The molecule has 4 N–H and O–H groups in total. The van der Waals surface area contributed by atoms with Crippen LogP contribution in [0.15, 0.2) is 24.3 Å². The van der Waals surface area contributed by atoms with Gasteiger partial charge in [0.2, 0.25) is 11.8 Å². The van der Waals surface area contributed by atoms with Crippen LogP contribution >= 0.6 is 0 Å². The molecule has 0 saturated carbocycles. The van der Waals surface area contributed by atoms with E-state index >= 15 is 0 Å². The van der Waals surface area contributed by atoms with Gasteiger partial charge in [-0.25, -0.2) is 0 Å². The number of aromatic nitrogens is 1. The summed E-state index contributed by atoms with van der Waals surface area (Å²) in [5.74, 6) is -0.300. The number of rotatable bonds is 11. The molecule has 0 radical (unpaired) electrons. The van der Waals surface area contributed by atoms with Crippen LogP contribution in [0.3, 0.4) is 0 Å². The molecular formula is C24H33N3O5. The van der Waals surface area contributed by atoms with Gasteiger partial charge in [0, 0.05) is 35.7 Å². The lowest BCUT2D eigenvalue weighted by Gasteiger charge is -2.23. The lowest BCUT2D eigenvalue weighted by molar-refractivity contribution is -0.127. The summed E-state index contributed by atoms with van der Waals surface area (Å²) in [5, 5.41) is 16.2. The van der Waals surface area contributed by atoms with E-state index in [1.54, 1.807) is 13.2 Å². The van der Waals surface area contributed by atoms with Gasteiger partial charge < -0.3 is 25.5 Å². The highest BCUT2D eigenvalue weighted by Crippen LogP contribution is 2.27. The van der Waals surface area contributed by atoms with Crippen LogP contribution in [0.4, 0.5) is 0 Å². The average molecular weight is 444 g/mol. The Labute approximate surface area is 188 Å². The first kappa shape index (κ1) is 23.8. The van der Waals surface area contributed by atoms with E-state index < -0.39 is 12.0 Å². The van der Waals surface area contributed by atoms with Crippen molar-refractivity contribution in [1.82, 2.24) is 15.6 Å². The topological polar surface area (TPSA) is 121 Å². The molecule has 32 heavy (non-hydrogen) atoms. The van der Waals surface area contributed by atoms with E-state index in [0.717, 1.165) is 10.9 Å². The summed E-state index contributed by atoms with van der Waals surface area (Å²) in [6, 6.07) is 6.80. The van der Waals surface area contributed by atoms with E-state index in [1.807, 2.05) is 32.0 Å². The zero-order valence-corrected chi connectivity index (χ0v) is 18.9. The third kappa shape index (κ3) is 5.68. The predicted octanol–water partition coefficient (Wildman–Crippen LogP) is 2.41. The number of amides is 2. The van der Waals surface area contributed by atoms with Crippen molar-refractivity contribution in [3.05, 3.63) is 30.0 Å². The monoisotopic (exact) mass is 443 g/mol. The van der Waals surface area contributed by atoms with Gasteiger partial charge in [-0.2, -0.15) is 0 Å². The SMILES string of the molecule is COc1cccc2[nH]c(C(=O)C[C@@H](CC(C)C)C(=O)N[C@H](CO)C[C@@H]3CCNC3=O)cc12. The van der Waals surface area contributed by atoms with E-state index in [9.17, 15) is 19.5 Å². The van der Waals surface area contributed by atoms with Gasteiger partial charge in [0.15, 0.2) is 5.78 Å². The average Bonchev–Trinajstić information content (AvgIpc) is 3.38. The summed E-state index contributed by atoms with van der Waals surface area (Å²) in [7, 11) is 1.58. The predicted molar refractivity (Wildman–Crippen MR) is 121 cm³/mol. The number of carbonyl (C=O) groups excluding carboxylic acids is 3. The summed E-state index contributed by atoms with van der Waals surface area (Å²) >= 11 is 0. The number of H-pyrrole nitrogens is 1. The van der Waals surface area contributed by atoms with E-state index in [-0.39, 0.29) is 42.5 Å². The molecule has 0 aliphatic carbocycles. The smallest absolute Gasteiger partial charge is 0.223 e. The summed E-state index contributed by atoms with van der Waals surface area (Å²) in [6.07, 6.45) is 1.69. The Hall–Kier alpha value is -2.87. The van der Waals surface area contributed by atoms with Gasteiger partial charge in [-0.1, -0.05) is 19.9 Å². The van der Waals surface area contributed by atoms with Gasteiger partial charge >= 0.3 is 0 Å². The van der Waals surface area contributed by atoms with E-state index in [2.05, 4.69) is 15.6 Å². The number of ether oxygens (including phenoxy) is 1. The van der Waals surface area contributed by atoms with Crippen LogP contribution in [-0.4, -0.2) is 54.0 Å². The summed E-state index contributed by atoms with van der Waals surface area (Å²) in [5.41, 5.74) is 1.24. The molecule has 0 bridgehead atoms. The molecule has 8 heteroatoms. The summed E-state index contributed by atoms with van der Waals surface area (Å²) in [4.78, 5) is 41.0. The Morgan fingerprint density at radius 3 is 2.72 bits per heavy atom. The Morgan fingerprint density at radius 2 is 2.09 bits per heavy atom. The fraction of sp³-hybridized carbons (Fsp3) is 0.542. The zero-order valence-electron chi connectivity index (χ0n) is 18.9. The highest BCUT2D eigenvalue weighted by atomic mass is 16.5. The number of aliphatic hydroxyl groups is 1. The Balaban J connectivity index is 1.70. The molecule has 1 aliphatic heterocycles. The maximum atomic E-state index is 13.0. The number of hydrogen-bond donors (Lipinski definition) is 4. The Bertz CT molecular complexity index is 968. The molecule has 8 nitrogen and oxygen atoms in total. The third-order valence-corrected chi connectivity index (χ3v) is 6.00. The minimum Gasteiger partial charge on any atom is -0.496 e. The minimum atomic E-state index is -0.526. The van der Waals surface area contributed by atoms with Crippen LogP contribution in [0.2, 0.25) is 0 Å². The molecule has 1 aliphatic rings. The maximum Gasteiger partial charge on any atom is 0.223 e. The molecule has 1 aromatic carbocycles. The van der Waals surface area contributed by atoms with Crippen molar-refractivity contribution in [2.75, 3.05) is 20.3 Å². The third-order valence-electron chi connectivity index (χ3n) is 6.00. The lowest BCUT2D eigenvalue weighted by atomic mass is 9.90. The van der Waals surface area contributed by atoms with Crippen LogP contribution in [0, 0.1) is 17.8 Å². The molecule has 1 aromatic heterocycles. The number of ketones is 1. The molecule has 0 unspecified atom stereocenters. The van der Waals surface area contributed by atoms with Crippen LogP contribution in [-0.2, 0) is 9.59 Å². The first-order valence-corrected chi connectivity index (χ1v) is 11.2. The van der Waals surface area contributed by atoms with Crippen LogP contribution < -0.4 is 15.4 Å². The first-order valence-electron chi connectivity index (χ1n) is 11.2. The van der Waals surface area contributed by atoms with E-state index in [4.69, 9.17) is 4.74 Å². The fourth-order valence-electron chi connectivity index (χ4n) is 4.35. The number of Topliss-reactive ketones (excluding diaryl/α,β-unsaturated/α-hetero) is 1. The Kier molecular flexibility index (Phi) is 7.90. The molecule has 174 valence electrons. The van der Waals surface area contributed by atoms with Crippen molar-refractivity contribution >= 4 is 28.5 Å². The number of nitrogens with one attached hydrogen (secondary N) is 3. The van der Waals surface area contributed by atoms with Gasteiger partial charge in [-0.3, -0.25) is 14.4 Å². The summed E-state index contributed by atoms with van der Waals surface area (Å²) in [6.45, 7) is 4.38. The Morgan fingerprint density at radius 1 is 1.31 bits per heavy atom. The highest BCUT2D eigenvalue weighted by Gasteiger charge is 2.30. The number of aliphatic hydroxyl groups excluding tert-OH is 1. The van der Waals surface area contributed by atoms with Gasteiger partial charge in [-0.15, -0.1) is 0 Å². The minimum absolute atomic E-state index is 0.0409. The number of fused-ring (bicyclic) bond motifs is 1. The molecule has 3 rings (SSSR count). The maximum absolute atomic E-state index is 13.0.